The standard InChI is InChI=1S/C13H21NO3S/c1-5-9-17-12(15)10-7-6-8-11(10)14-18(16)13(2,3)4/h5,14H,1,6-9H2,2-4H3. The number of carbonyl (C=O) groups is 1. The van der Waals surface area contributed by atoms with Gasteiger partial charge >= 0.3 is 5.97 Å². The van der Waals surface area contributed by atoms with Gasteiger partial charge in [0.1, 0.15) is 11.4 Å². The molecule has 0 aromatic rings. The van der Waals surface area contributed by atoms with E-state index in [0.29, 0.717) is 12.0 Å². The fourth-order valence-corrected chi connectivity index (χ4v) is 2.32. The molecule has 1 unspecified atom stereocenters. The number of hydrogen-bond donors (Lipinski definition) is 1. The van der Waals surface area contributed by atoms with Gasteiger partial charge in [0.25, 0.3) is 0 Å². The average molecular weight is 271 g/mol. The van der Waals surface area contributed by atoms with Crippen molar-refractivity contribution in [2.24, 2.45) is 0 Å². The molecule has 1 aliphatic carbocycles. The summed E-state index contributed by atoms with van der Waals surface area (Å²) in [6.45, 7) is 9.38. The predicted molar refractivity (Wildman–Crippen MR) is 73.1 cm³/mol. The highest BCUT2D eigenvalue weighted by Crippen LogP contribution is 2.27. The molecular weight excluding hydrogens is 250 g/mol. The summed E-state index contributed by atoms with van der Waals surface area (Å²) in [5.41, 5.74) is 1.38. The van der Waals surface area contributed by atoms with Crippen LogP contribution in [0.15, 0.2) is 23.9 Å². The largest absolute Gasteiger partial charge is 0.593 e. The van der Waals surface area contributed by atoms with Crippen LogP contribution in [0.25, 0.3) is 0 Å². The molecule has 102 valence electrons. The summed E-state index contributed by atoms with van der Waals surface area (Å²) in [5, 5.41) is 0. The lowest BCUT2D eigenvalue weighted by Crippen LogP contribution is -2.39. The van der Waals surface area contributed by atoms with E-state index in [-0.39, 0.29) is 17.3 Å². The molecule has 0 fully saturated rings. The second-order valence-corrected chi connectivity index (χ2v) is 7.15. The zero-order valence-corrected chi connectivity index (χ0v) is 12.1. The lowest BCUT2D eigenvalue weighted by atomic mass is 10.2. The van der Waals surface area contributed by atoms with Crippen LogP contribution in [0.3, 0.4) is 0 Å². The number of allylic oxidation sites excluding steroid dienone is 1. The molecule has 0 saturated heterocycles. The first kappa shape index (κ1) is 15.1. The van der Waals surface area contributed by atoms with Crippen molar-refractivity contribution in [3.05, 3.63) is 23.9 Å². The van der Waals surface area contributed by atoms with Gasteiger partial charge in [-0.2, -0.15) is 0 Å². The number of nitrogens with one attached hydrogen (secondary N) is 1. The minimum atomic E-state index is -1.21. The molecule has 0 spiro atoms. The Morgan fingerprint density at radius 3 is 2.78 bits per heavy atom. The third kappa shape index (κ3) is 4.07. The normalized spacial score (nSPS) is 17.6. The summed E-state index contributed by atoms with van der Waals surface area (Å²) in [6.07, 6.45) is 3.86. The van der Waals surface area contributed by atoms with Crippen molar-refractivity contribution in [2.75, 3.05) is 6.61 Å². The molecule has 0 aliphatic heterocycles. The number of esters is 1. The lowest BCUT2D eigenvalue weighted by molar-refractivity contribution is -0.137. The maximum absolute atomic E-state index is 12.0. The van der Waals surface area contributed by atoms with Gasteiger partial charge in [-0.1, -0.05) is 12.7 Å². The minimum Gasteiger partial charge on any atom is -0.593 e. The van der Waals surface area contributed by atoms with E-state index >= 15 is 0 Å². The maximum Gasteiger partial charge on any atom is 0.336 e. The smallest absolute Gasteiger partial charge is 0.336 e. The number of ether oxygens (including phenoxy) is 1. The Hall–Kier alpha value is -0.940. The second kappa shape index (κ2) is 6.29. The van der Waals surface area contributed by atoms with Gasteiger partial charge in [-0.25, -0.2) is 9.52 Å². The summed E-state index contributed by atoms with van der Waals surface area (Å²) >= 11 is -1.21. The van der Waals surface area contributed by atoms with Crippen LogP contribution >= 0.6 is 0 Å². The summed E-state index contributed by atoms with van der Waals surface area (Å²) < 4.78 is 19.6. The van der Waals surface area contributed by atoms with Crippen LogP contribution in [-0.4, -0.2) is 21.9 Å². The minimum absolute atomic E-state index is 0.206. The molecule has 1 N–H and O–H groups in total. The van der Waals surface area contributed by atoms with E-state index in [4.69, 9.17) is 4.74 Å². The molecule has 4 nitrogen and oxygen atoms in total. The highest BCUT2D eigenvalue weighted by Gasteiger charge is 2.31. The zero-order valence-electron chi connectivity index (χ0n) is 11.2. The van der Waals surface area contributed by atoms with Crippen LogP contribution in [0.2, 0.25) is 0 Å². The van der Waals surface area contributed by atoms with Gasteiger partial charge in [-0.3, -0.25) is 0 Å². The molecule has 0 saturated carbocycles. The van der Waals surface area contributed by atoms with Crippen molar-refractivity contribution in [1.82, 2.24) is 4.72 Å². The van der Waals surface area contributed by atoms with Crippen molar-refractivity contribution < 1.29 is 14.1 Å². The van der Waals surface area contributed by atoms with Crippen molar-refractivity contribution >= 4 is 17.3 Å². The fourth-order valence-electron chi connectivity index (χ4n) is 1.57. The van der Waals surface area contributed by atoms with Crippen LogP contribution in [0.4, 0.5) is 0 Å². The Morgan fingerprint density at radius 1 is 1.56 bits per heavy atom. The summed E-state index contributed by atoms with van der Waals surface area (Å²) in [7, 11) is 0. The average Bonchev–Trinajstić information content (AvgIpc) is 2.72. The van der Waals surface area contributed by atoms with Crippen molar-refractivity contribution in [1.29, 1.82) is 0 Å². The second-order valence-electron chi connectivity index (χ2n) is 5.18. The van der Waals surface area contributed by atoms with Crippen molar-refractivity contribution in [3.8, 4) is 0 Å². The summed E-state index contributed by atoms with van der Waals surface area (Å²) in [5.74, 6) is -0.333. The van der Waals surface area contributed by atoms with Gasteiger partial charge in [-0.15, -0.1) is 0 Å². The third-order valence-electron chi connectivity index (χ3n) is 2.57. The molecule has 5 heteroatoms. The first-order chi connectivity index (χ1) is 8.36. The van der Waals surface area contributed by atoms with Gasteiger partial charge in [0, 0.05) is 0 Å². The van der Waals surface area contributed by atoms with Gasteiger partial charge < -0.3 is 9.29 Å². The van der Waals surface area contributed by atoms with E-state index in [1.54, 1.807) is 0 Å². The van der Waals surface area contributed by atoms with E-state index in [1.807, 2.05) is 20.8 Å². The molecule has 1 atom stereocenters. The zero-order chi connectivity index (χ0) is 13.8. The highest BCUT2D eigenvalue weighted by molar-refractivity contribution is 7.90. The Balaban J connectivity index is 2.72. The van der Waals surface area contributed by atoms with Gasteiger partial charge in [0.15, 0.2) is 0 Å². The molecule has 0 amide bonds. The van der Waals surface area contributed by atoms with Crippen molar-refractivity contribution in [2.45, 2.75) is 44.8 Å². The van der Waals surface area contributed by atoms with Crippen molar-refractivity contribution in [3.63, 3.8) is 0 Å². The van der Waals surface area contributed by atoms with Crippen LogP contribution in [0, 0.1) is 0 Å². The number of carbonyl (C=O) groups excluding carboxylic acids is 1. The molecule has 0 aromatic heterocycles. The fraction of sp³-hybridized carbons (Fsp3) is 0.615. The Bertz CT molecular complexity index is 358. The van der Waals surface area contributed by atoms with Crippen LogP contribution in [0.1, 0.15) is 40.0 Å². The van der Waals surface area contributed by atoms with Gasteiger partial charge in [-0.05, 0) is 40.0 Å². The Kier molecular flexibility index (Phi) is 5.28. The lowest BCUT2D eigenvalue weighted by Gasteiger charge is -2.24. The SMILES string of the molecule is C=CCOC(=O)C1=C(N[S+]([O-])C(C)(C)C)CCC1. The number of rotatable bonds is 5. The topological polar surface area (TPSA) is 61.4 Å². The molecule has 0 radical (unpaired) electrons. The first-order valence-corrected chi connectivity index (χ1v) is 7.20. The summed E-state index contributed by atoms with van der Waals surface area (Å²) in [4.78, 5) is 11.8. The molecular formula is C13H21NO3S. The van der Waals surface area contributed by atoms with E-state index in [2.05, 4.69) is 11.3 Å². The molecule has 18 heavy (non-hydrogen) atoms. The van der Waals surface area contributed by atoms with Crippen LogP contribution in [-0.2, 0) is 20.9 Å². The van der Waals surface area contributed by atoms with E-state index < -0.39 is 11.4 Å². The maximum atomic E-state index is 12.0. The van der Waals surface area contributed by atoms with E-state index in [9.17, 15) is 9.35 Å². The van der Waals surface area contributed by atoms with Gasteiger partial charge in [0.05, 0.1) is 22.6 Å². The number of hydrogen-bond acceptors (Lipinski definition) is 4. The quantitative estimate of drug-likeness (QED) is 0.473. The van der Waals surface area contributed by atoms with E-state index in [0.717, 1.165) is 18.5 Å². The van der Waals surface area contributed by atoms with Gasteiger partial charge in [0.2, 0.25) is 0 Å². The molecule has 1 rings (SSSR count). The molecule has 0 bridgehead atoms. The van der Waals surface area contributed by atoms with Crippen LogP contribution in [0.5, 0.6) is 0 Å². The predicted octanol–water partition coefficient (Wildman–Crippen LogP) is 2.21. The van der Waals surface area contributed by atoms with Crippen LogP contribution < -0.4 is 4.72 Å². The third-order valence-corrected chi connectivity index (χ3v) is 4.11. The summed E-state index contributed by atoms with van der Waals surface area (Å²) in [6, 6.07) is 0. The molecule has 1 aliphatic rings. The first-order valence-electron chi connectivity index (χ1n) is 6.05. The monoisotopic (exact) mass is 271 g/mol. The Morgan fingerprint density at radius 2 is 2.22 bits per heavy atom. The Labute approximate surface area is 112 Å². The van der Waals surface area contributed by atoms with E-state index in [1.165, 1.54) is 6.08 Å². The molecule has 0 heterocycles. The molecule has 0 aromatic carbocycles. The highest BCUT2D eigenvalue weighted by atomic mass is 32.2.